The summed E-state index contributed by atoms with van der Waals surface area (Å²) in [6.07, 6.45) is 0.597. The van der Waals surface area contributed by atoms with Gasteiger partial charge in [-0.3, -0.25) is 4.79 Å². The molecule has 0 saturated carbocycles. The molecule has 0 bridgehead atoms. The first-order valence-corrected chi connectivity index (χ1v) is 15.5. The molecule has 0 N–H and O–H groups in total. The SMILES string of the molecule is CC[Si](CC)(CC)O[C@H](C)[C@H]1C(=O)N2C(C(=O)OCc3ccc(OC)cc3)=C(CI)C[C@H]12. The third-order valence-corrected chi connectivity index (χ3v) is 12.7. The van der Waals surface area contributed by atoms with Crippen LogP contribution < -0.4 is 4.74 Å². The van der Waals surface area contributed by atoms with Crippen LogP contribution in [0.25, 0.3) is 0 Å². The van der Waals surface area contributed by atoms with Gasteiger partial charge in [0.05, 0.1) is 25.2 Å². The normalized spacial score (nSPS) is 21.3. The molecule has 6 nitrogen and oxygen atoms in total. The fraction of sp³-hybridized carbons (Fsp3) is 0.583. The standard InChI is InChI=1S/C24H34INO5Si/c1-6-32(7-2,8-3)31-16(4)21-20-13-18(14-25)22(26(20)23(21)27)24(28)30-15-17-9-11-19(29-5)12-10-17/h9-12,16,20-21H,6-8,13-15H2,1-5H3/t16-,20-,21-/m1/s1. The van der Waals surface area contributed by atoms with Crippen molar-refractivity contribution in [1.82, 2.24) is 4.90 Å². The van der Waals surface area contributed by atoms with E-state index in [1.165, 1.54) is 0 Å². The van der Waals surface area contributed by atoms with E-state index in [1.807, 2.05) is 31.2 Å². The van der Waals surface area contributed by atoms with Gasteiger partial charge in [-0.05, 0) is 54.7 Å². The highest BCUT2D eigenvalue weighted by Gasteiger charge is 2.57. The summed E-state index contributed by atoms with van der Waals surface area (Å²) in [7, 11) is -0.194. The van der Waals surface area contributed by atoms with Gasteiger partial charge in [-0.25, -0.2) is 4.79 Å². The molecule has 3 rings (SSSR count). The molecule has 1 aromatic carbocycles. The Morgan fingerprint density at radius 3 is 2.34 bits per heavy atom. The number of methoxy groups -OCH3 is 1. The fourth-order valence-electron chi connectivity index (χ4n) is 4.86. The Morgan fingerprint density at radius 2 is 1.81 bits per heavy atom. The van der Waals surface area contributed by atoms with Crippen LogP contribution in [0, 0.1) is 5.92 Å². The van der Waals surface area contributed by atoms with Gasteiger partial charge in [0.2, 0.25) is 5.91 Å². The first-order chi connectivity index (χ1) is 15.3. The maximum atomic E-state index is 13.2. The fourth-order valence-corrected chi connectivity index (χ4v) is 8.47. The molecule has 2 aliphatic heterocycles. The van der Waals surface area contributed by atoms with Gasteiger partial charge >= 0.3 is 5.97 Å². The van der Waals surface area contributed by atoms with E-state index in [2.05, 4.69) is 43.4 Å². The number of hydrogen-bond donors (Lipinski definition) is 0. The zero-order chi connectivity index (χ0) is 23.5. The summed E-state index contributed by atoms with van der Waals surface area (Å²) >= 11 is 2.26. The molecule has 1 amide bonds. The number of nitrogens with zero attached hydrogens (tertiary/aromatic N) is 1. The van der Waals surface area contributed by atoms with Gasteiger partial charge in [-0.2, -0.15) is 0 Å². The van der Waals surface area contributed by atoms with Crippen molar-refractivity contribution in [2.24, 2.45) is 5.92 Å². The zero-order valence-corrected chi connectivity index (χ0v) is 22.8. The molecule has 176 valence electrons. The Balaban J connectivity index is 1.67. The van der Waals surface area contributed by atoms with Crippen LogP contribution in [-0.4, -0.2) is 48.8 Å². The summed E-state index contributed by atoms with van der Waals surface area (Å²) in [5.74, 6) is 0.138. The molecular formula is C24H34INO5Si. The van der Waals surface area contributed by atoms with Crippen molar-refractivity contribution < 1.29 is 23.5 Å². The van der Waals surface area contributed by atoms with Gasteiger partial charge in [0.1, 0.15) is 18.1 Å². The van der Waals surface area contributed by atoms with E-state index in [1.54, 1.807) is 12.0 Å². The lowest BCUT2D eigenvalue weighted by Crippen LogP contribution is -2.63. The highest BCUT2D eigenvalue weighted by molar-refractivity contribution is 14.1. The largest absolute Gasteiger partial charge is 0.497 e. The smallest absolute Gasteiger partial charge is 0.355 e. The molecule has 1 aromatic rings. The van der Waals surface area contributed by atoms with Crippen LogP contribution in [0.4, 0.5) is 0 Å². The molecule has 0 aliphatic carbocycles. The number of fused-ring (bicyclic) bond motifs is 1. The van der Waals surface area contributed by atoms with E-state index in [4.69, 9.17) is 13.9 Å². The van der Waals surface area contributed by atoms with E-state index >= 15 is 0 Å². The third kappa shape index (κ3) is 4.77. The van der Waals surface area contributed by atoms with Gasteiger partial charge in [-0.15, -0.1) is 0 Å². The van der Waals surface area contributed by atoms with Gasteiger partial charge < -0.3 is 18.8 Å². The van der Waals surface area contributed by atoms with E-state index in [9.17, 15) is 9.59 Å². The van der Waals surface area contributed by atoms with Crippen LogP contribution in [0.3, 0.4) is 0 Å². The number of carbonyl (C=O) groups is 2. The van der Waals surface area contributed by atoms with Gasteiger partial charge in [-0.1, -0.05) is 55.5 Å². The van der Waals surface area contributed by atoms with Crippen molar-refractivity contribution in [3.63, 3.8) is 0 Å². The Morgan fingerprint density at radius 1 is 1.19 bits per heavy atom. The number of alkyl halides is 1. The van der Waals surface area contributed by atoms with Crippen LogP contribution in [0.15, 0.2) is 35.5 Å². The predicted molar refractivity (Wildman–Crippen MR) is 135 cm³/mol. The van der Waals surface area contributed by atoms with Gasteiger partial charge in [0, 0.05) is 4.43 Å². The number of hydrogen-bond acceptors (Lipinski definition) is 5. The summed E-state index contributed by atoms with van der Waals surface area (Å²) < 4.78 is 18.1. The van der Waals surface area contributed by atoms with Crippen molar-refractivity contribution in [2.45, 2.75) is 71.0 Å². The van der Waals surface area contributed by atoms with E-state index in [0.717, 1.165) is 41.4 Å². The van der Waals surface area contributed by atoms with Crippen molar-refractivity contribution in [2.75, 3.05) is 11.5 Å². The maximum absolute atomic E-state index is 13.2. The zero-order valence-electron chi connectivity index (χ0n) is 19.7. The molecule has 32 heavy (non-hydrogen) atoms. The number of ether oxygens (including phenoxy) is 2. The Bertz CT molecular complexity index is 859. The first kappa shape index (κ1) is 25.2. The van der Waals surface area contributed by atoms with E-state index in [-0.39, 0.29) is 30.6 Å². The molecule has 0 spiro atoms. The average Bonchev–Trinajstić information content (AvgIpc) is 3.15. The quantitative estimate of drug-likeness (QED) is 0.122. The molecule has 2 heterocycles. The highest BCUT2D eigenvalue weighted by atomic mass is 127. The molecule has 0 radical (unpaired) electrons. The molecule has 2 aliphatic rings. The lowest BCUT2D eigenvalue weighted by molar-refractivity contribution is -0.162. The minimum Gasteiger partial charge on any atom is -0.497 e. The van der Waals surface area contributed by atoms with Crippen molar-refractivity contribution in [1.29, 1.82) is 0 Å². The summed E-state index contributed by atoms with van der Waals surface area (Å²) in [5, 5.41) is 0. The van der Waals surface area contributed by atoms with Crippen molar-refractivity contribution in [3.8, 4) is 5.75 Å². The van der Waals surface area contributed by atoms with E-state index in [0.29, 0.717) is 10.1 Å². The van der Waals surface area contributed by atoms with Gasteiger partial charge in [0.25, 0.3) is 0 Å². The summed E-state index contributed by atoms with van der Waals surface area (Å²) in [6, 6.07) is 10.6. The van der Waals surface area contributed by atoms with Crippen LogP contribution in [0.5, 0.6) is 5.75 Å². The van der Waals surface area contributed by atoms with Gasteiger partial charge in [0.15, 0.2) is 8.32 Å². The van der Waals surface area contributed by atoms with E-state index < -0.39 is 14.3 Å². The number of esters is 1. The predicted octanol–water partition coefficient (Wildman–Crippen LogP) is 5.07. The number of halogens is 1. The van der Waals surface area contributed by atoms with Crippen LogP contribution in [-0.2, 0) is 25.4 Å². The molecule has 3 atom stereocenters. The lowest BCUT2D eigenvalue weighted by Gasteiger charge is -2.48. The Labute approximate surface area is 205 Å². The Hall–Kier alpha value is -1.39. The second kappa shape index (κ2) is 10.7. The second-order valence-corrected chi connectivity index (χ2v) is 14.1. The minimum absolute atomic E-state index is 0.00284. The van der Waals surface area contributed by atoms with Crippen LogP contribution in [0.2, 0.25) is 18.1 Å². The number of amides is 1. The monoisotopic (exact) mass is 571 g/mol. The molecular weight excluding hydrogens is 537 g/mol. The first-order valence-electron chi connectivity index (χ1n) is 11.4. The second-order valence-electron chi connectivity index (χ2n) is 8.58. The molecule has 8 heteroatoms. The summed E-state index contributed by atoms with van der Waals surface area (Å²) in [5.41, 5.74) is 2.31. The van der Waals surface area contributed by atoms with Crippen LogP contribution in [0.1, 0.15) is 39.7 Å². The number of rotatable bonds is 11. The topological polar surface area (TPSA) is 65.1 Å². The molecule has 1 saturated heterocycles. The summed E-state index contributed by atoms with van der Waals surface area (Å²) in [6.45, 7) is 8.79. The lowest BCUT2D eigenvalue weighted by atomic mass is 9.83. The van der Waals surface area contributed by atoms with Crippen LogP contribution >= 0.6 is 22.6 Å². The average molecular weight is 572 g/mol. The third-order valence-electron chi connectivity index (χ3n) is 7.06. The maximum Gasteiger partial charge on any atom is 0.355 e. The minimum atomic E-state index is -1.81. The molecule has 0 unspecified atom stereocenters. The number of carbonyl (C=O) groups excluding carboxylic acids is 2. The number of β-lactam (4-membered cyclic amide) rings is 1. The Kier molecular flexibility index (Phi) is 8.43. The summed E-state index contributed by atoms with van der Waals surface area (Å²) in [4.78, 5) is 27.8. The molecule has 0 aromatic heterocycles. The van der Waals surface area contributed by atoms with Crippen molar-refractivity contribution >= 4 is 42.8 Å². The number of benzene rings is 1. The highest BCUT2D eigenvalue weighted by Crippen LogP contribution is 2.46. The molecule has 1 fully saturated rings. The van der Waals surface area contributed by atoms with Crippen molar-refractivity contribution in [3.05, 3.63) is 41.1 Å².